The lowest BCUT2D eigenvalue weighted by Gasteiger charge is -2.17. The maximum absolute atomic E-state index is 12.6. The van der Waals surface area contributed by atoms with Gasteiger partial charge in [-0.2, -0.15) is 0 Å². The van der Waals surface area contributed by atoms with Crippen LogP contribution in [0, 0.1) is 0 Å². The number of carboxylic acids is 1. The molecule has 7 nitrogen and oxygen atoms in total. The molecule has 128 valence electrons. The number of hydrogen-bond donors (Lipinski definition) is 3. The van der Waals surface area contributed by atoms with Crippen molar-refractivity contribution in [2.45, 2.75) is 12.5 Å². The first-order valence-corrected chi connectivity index (χ1v) is 8.12. The van der Waals surface area contributed by atoms with Gasteiger partial charge in [-0.1, -0.05) is 12.1 Å². The van der Waals surface area contributed by atoms with Crippen LogP contribution >= 0.6 is 15.9 Å². The largest absolute Gasteiger partial charge is 0.507 e. The van der Waals surface area contributed by atoms with Crippen molar-refractivity contribution in [2.75, 3.05) is 10.2 Å². The van der Waals surface area contributed by atoms with E-state index in [-0.39, 0.29) is 17.7 Å². The average Bonchev–Trinajstić information content (AvgIpc) is 2.83. The van der Waals surface area contributed by atoms with Crippen molar-refractivity contribution in [1.29, 1.82) is 0 Å². The van der Waals surface area contributed by atoms with Crippen molar-refractivity contribution < 1.29 is 24.6 Å². The summed E-state index contributed by atoms with van der Waals surface area (Å²) in [5.74, 6) is -2.70. The molecular weight excluding hydrogens is 392 g/mol. The number of para-hydroxylation sites is 1. The summed E-state index contributed by atoms with van der Waals surface area (Å²) in [5, 5.41) is 21.7. The van der Waals surface area contributed by atoms with Crippen molar-refractivity contribution in [3.8, 4) is 5.75 Å². The summed E-state index contributed by atoms with van der Waals surface area (Å²) in [7, 11) is 0. The number of anilines is 2. The van der Waals surface area contributed by atoms with Gasteiger partial charge in [0.1, 0.15) is 17.4 Å². The topological polar surface area (TPSA) is 107 Å². The number of carbonyl (C=O) groups excluding carboxylic acids is 2. The number of carboxylic acid groups (broad SMARTS) is 1. The first kappa shape index (κ1) is 17.0. The Labute approximate surface area is 151 Å². The monoisotopic (exact) mass is 404 g/mol. The molecule has 2 amide bonds. The highest BCUT2D eigenvalue weighted by Crippen LogP contribution is 2.30. The number of halogens is 1. The lowest BCUT2D eigenvalue weighted by molar-refractivity contribution is -0.121. The summed E-state index contributed by atoms with van der Waals surface area (Å²) in [5.41, 5.74) is 0.513. The normalized spacial score (nSPS) is 17.0. The summed E-state index contributed by atoms with van der Waals surface area (Å²) >= 11 is 3.37. The Morgan fingerprint density at radius 2 is 1.92 bits per heavy atom. The summed E-state index contributed by atoms with van der Waals surface area (Å²) in [6, 6.07) is 10.0. The van der Waals surface area contributed by atoms with Gasteiger partial charge < -0.3 is 15.5 Å². The van der Waals surface area contributed by atoms with E-state index in [9.17, 15) is 19.5 Å². The highest BCUT2D eigenvalue weighted by Gasteiger charge is 2.40. The zero-order chi connectivity index (χ0) is 18.1. The van der Waals surface area contributed by atoms with Gasteiger partial charge in [-0.25, -0.2) is 9.69 Å². The van der Waals surface area contributed by atoms with Gasteiger partial charge in [0.05, 0.1) is 12.1 Å². The van der Waals surface area contributed by atoms with E-state index in [1.165, 1.54) is 6.07 Å². The molecule has 1 aliphatic heterocycles. The fraction of sp³-hybridized carbons (Fsp3) is 0.118. The number of aromatic carboxylic acids is 1. The van der Waals surface area contributed by atoms with Crippen molar-refractivity contribution in [3.63, 3.8) is 0 Å². The number of hydrogen-bond acceptors (Lipinski definition) is 5. The van der Waals surface area contributed by atoms with Crippen molar-refractivity contribution >= 4 is 45.1 Å². The molecule has 1 saturated heterocycles. The smallest absolute Gasteiger partial charge is 0.339 e. The average molecular weight is 405 g/mol. The molecule has 1 fully saturated rings. The van der Waals surface area contributed by atoms with Gasteiger partial charge in [-0.3, -0.25) is 9.59 Å². The zero-order valence-electron chi connectivity index (χ0n) is 12.8. The number of aromatic hydroxyl groups is 1. The van der Waals surface area contributed by atoms with Crippen LogP contribution in [-0.2, 0) is 9.59 Å². The van der Waals surface area contributed by atoms with E-state index in [1.807, 2.05) is 12.1 Å². The van der Waals surface area contributed by atoms with Gasteiger partial charge in [0.15, 0.2) is 0 Å². The molecule has 0 spiro atoms. The minimum Gasteiger partial charge on any atom is -0.507 e. The van der Waals surface area contributed by atoms with E-state index in [0.29, 0.717) is 5.69 Å². The van der Waals surface area contributed by atoms with E-state index in [2.05, 4.69) is 21.2 Å². The number of benzene rings is 2. The van der Waals surface area contributed by atoms with E-state index < -0.39 is 29.6 Å². The first-order chi connectivity index (χ1) is 11.9. The molecule has 1 atom stereocenters. The van der Waals surface area contributed by atoms with Gasteiger partial charge in [0.2, 0.25) is 5.91 Å². The molecule has 8 heteroatoms. The van der Waals surface area contributed by atoms with E-state index in [1.54, 1.807) is 12.1 Å². The molecule has 1 aliphatic rings. The second kappa shape index (κ2) is 6.56. The third kappa shape index (κ3) is 3.20. The summed E-state index contributed by atoms with van der Waals surface area (Å²) in [6.45, 7) is 0. The Bertz CT molecular complexity index is 883. The molecule has 3 rings (SSSR count). The van der Waals surface area contributed by atoms with Crippen LogP contribution in [0.4, 0.5) is 11.4 Å². The van der Waals surface area contributed by atoms with Crippen LogP contribution < -0.4 is 10.2 Å². The lowest BCUT2D eigenvalue weighted by atomic mass is 10.1. The minimum atomic E-state index is -1.29. The second-order valence-electron chi connectivity index (χ2n) is 5.45. The molecule has 0 aliphatic carbocycles. The third-order valence-corrected chi connectivity index (χ3v) is 4.51. The second-order valence-corrected chi connectivity index (χ2v) is 6.31. The van der Waals surface area contributed by atoms with E-state index in [0.717, 1.165) is 21.5 Å². The molecule has 0 aromatic heterocycles. The maximum Gasteiger partial charge on any atom is 0.339 e. The number of nitrogens with zero attached hydrogens (tertiary/aromatic N) is 1. The SMILES string of the molecule is O=C(O)c1ccc(N2C(=O)CC(Nc3ccccc3Br)C2=O)cc1O. The summed E-state index contributed by atoms with van der Waals surface area (Å²) in [4.78, 5) is 36.7. The van der Waals surface area contributed by atoms with Crippen LogP contribution in [-0.4, -0.2) is 34.0 Å². The van der Waals surface area contributed by atoms with Crippen LogP contribution in [0.3, 0.4) is 0 Å². The molecule has 0 saturated carbocycles. The molecule has 0 radical (unpaired) electrons. The van der Waals surface area contributed by atoms with E-state index in [4.69, 9.17) is 5.11 Å². The molecule has 3 N–H and O–H groups in total. The summed E-state index contributed by atoms with van der Waals surface area (Å²) in [6.07, 6.45) is -0.0401. The van der Waals surface area contributed by atoms with Crippen LogP contribution in [0.15, 0.2) is 46.9 Å². The lowest BCUT2D eigenvalue weighted by Crippen LogP contribution is -2.34. The number of nitrogens with one attached hydrogen (secondary N) is 1. The Hall–Kier alpha value is -2.87. The molecule has 1 unspecified atom stereocenters. The van der Waals surface area contributed by atoms with Crippen LogP contribution in [0.2, 0.25) is 0 Å². The molecule has 2 aromatic rings. The van der Waals surface area contributed by atoms with Gasteiger partial charge in [0.25, 0.3) is 5.91 Å². The van der Waals surface area contributed by atoms with Gasteiger partial charge in [0, 0.05) is 16.2 Å². The van der Waals surface area contributed by atoms with Crippen molar-refractivity contribution in [3.05, 3.63) is 52.5 Å². The highest BCUT2D eigenvalue weighted by molar-refractivity contribution is 9.10. The predicted octanol–water partition coefficient (Wildman–Crippen LogP) is 2.60. The van der Waals surface area contributed by atoms with Crippen LogP contribution in [0.5, 0.6) is 5.75 Å². The summed E-state index contributed by atoms with van der Waals surface area (Å²) < 4.78 is 0.761. The Balaban J connectivity index is 1.86. The molecule has 25 heavy (non-hydrogen) atoms. The predicted molar refractivity (Wildman–Crippen MR) is 93.7 cm³/mol. The van der Waals surface area contributed by atoms with Gasteiger partial charge >= 0.3 is 5.97 Å². The van der Waals surface area contributed by atoms with Crippen LogP contribution in [0.1, 0.15) is 16.8 Å². The molecule has 2 aromatic carbocycles. The van der Waals surface area contributed by atoms with E-state index >= 15 is 0 Å². The van der Waals surface area contributed by atoms with Crippen molar-refractivity contribution in [2.24, 2.45) is 0 Å². The maximum atomic E-state index is 12.6. The van der Waals surface area contributed by atoms with Gasteiger partial charge in [-0.05, 0) is 40.2 Å². The van der Waals surface area contributed by atoms with Crippen LogP contribution in [0.25, 0.3) is 0 Å². The highest BCUT2D eigenvalue weighted by atomic mass is 79.9. The molecular formula is C17H13BrN2O5. The number of imide groups is 1. The Morgan fingerprint density at radius 3 is 2.56 bits per heavy atom. The Kier molecular flexibility index (Phi) is 4.45. The Morgan fingerprint density at radius 1 is 1.20 bits per heavy atom. The number of phenols is 1. The van der Waals surface area contributed by atoms with Gasteiger partial charge in [-0.15, -0.1) is 0 Å². The fourth-order valence-electron chi connectivity index (χ4n) is 2.62. The molecule has 0 bridgehead atoms. The zero-order valence-corrected chi connectivity index (χ0v) is 14.4. The fourth-order valence-corrected chi connectivity index (χ4v) is 3.02. The number of amides is 2. The van der Waals surface area contributed by atoms with Crippen molar-refractivity contribution in [1.82, 2.24) is 0 Å². The first-order valence-electron chi connectivity index (χ1n) is 7.32. The number of carbonyl (C=O) groups is 3. The number of rotatable bonds is 4. The standard InChI is InChI=1S/C17H13BrN2O5/c18-11-3-1-2-4-12(11)19-13-8-15(22)20(16(13)23)9-5-6-10(17(24)25)14(21)7-9/h1-7,13,19,21H,8H2,(H,24,25). The molecule has 1 heterocycles. The quantitative estimate of drug-likeness (QED) is 0.676. The minimum absolute atomic E-state index is 0.0401. The third-order valence-electron chi connectivity index (χ3n) is 3.82.